The van der Waals surface area contributed by atoms with Crippen molar-refractivity contribution >= 4 is 23.4 Å². The Balaban J connectivity index is 1.54. The van der Waals surface area contributed by atoms with Gasteiger partial charge in [0.1, 0.15) is 0 Å². The first kappa shape index (κ1) is 18.9. The number of hydrogen-bond donors (Lipinski definition) is 0. The Bertz CT molecular complexity index is 998. The molecule has 5 rings (SSSR count). The number of nitrogens with zero attached hydrogens (tertiary/aromatic N) is 2. The van der Waals surface area contributed by atoms with Crippen molar-refractivity contribution in [2.24, 2.45) is 0 Å². The van der Waals surface area contributed by atoms with E-state index in [0.29, 0.717) is 13.2 Å². The molecule has 0 spiro atoms. The zero-order valence-corrected chi connectivity index (χ0v) is 17.4. The van der Waals surface area contributed by atoms with Crippen molar-refractivity contribution in [2.45, 2.75) is 32.1 Å². The van der Waals surface area contributed by atoms with E-state index in [1.807, 2.05) is 35.2 Å². The topological polar surface area (TPSA) is 42.0 Å². The van der Waals surface area contributed by atoms with Crippen LogP contribution in [0.25, 0.3) is 6.08 Å². The summed E-state index contributed by atoms with van der Waals surface area (Å²) < 4.78 is 11.7. The van der Waals surface area contributed by atoms with Gasteiger partial charge >= 0.3 is 0 Å². The molecule has 5 heteroatoms. The van der Waals surface area contributed by atoms with Gasteiger partial charge < -0.3 is 19.3 Å². The maximum atomic E-state index is 13.6. The van der Waals surface area contributed by atoms with Gasteiger partial charge in [-0.25, -0.2) is 0 Å². The molecule has 0 saturated heterocycles. The minimum Gasteiger partial charge on any atom is -0.493 e. The average Bonchev–Trinajstić information content (AvgIpc) is 2.90. The number of anilines is 2. The molecule has 0 bridgehead atoms. The van der Waals surface area contributed by atoms with Gasteiger partial charge in [-0.3, -0.25) is 4.79 Å². The number of amides is 1. The second kappa shape index (κ2) is 7.95. The fourth-order valence-corrected chi connectivity index (χ4v) is 4.67. The number of carbonyl (C=O) groups is 1. The smallest absolute Gasteiger partial charge is 0.256 e. The van der Waals surface area contributed by atoms with Crippen LogP contribution in [-0.2, 0) is 11.2 Å². The Kier molecular flexibility index (Phi) is 5.00. The molecule has 5 nitrogen and oxygen atoms in total. The molecule has 30 heavy (non-hydrogen) atoms. The molecule has 154 valence electrons. The lowest BCUT2D eigenvalue weighted by Crippen LogP contribution is -2.41. The normalized spacial score (nSPS) is 17.8. The molecule has 0 saturated carbocycles. The Labute approximate surface area is 177 Å². The quantitative estimate of drug-likeness (QED) is 0.760. The van der Waals surface area contributed by atoms with Gasteiger partial charge in [0.25, 0.3) is 5.91 Å². The van der Waals surface area contributed by atoms with Gasteiger partial charge in [-0.1, -0.05) is 6.07 Å². The maximum absolute atomic E-state index is 13.6. The van der Waals surface area contributed by atoms with Crippen molar-refractivity contribution in [3.63, 3.8) is 0 Å². The molecular formula is C25H26N2O3. The maximum Gasteiger partial charge on any atom is 0.256 e. The highest BCUT2D eigenvalue weighted by molar-refractivity contribution is 6.10. The molecule has 3 aliphatic heterocycles. The standard InChI is InChI=1S/C25H26N2O3/c1-29-22-12-11-19-16-20(17-26-13-5-2-6-15-30-24(22)23(19)26)25(28)27-14-7-9-18-8-3-4-10-21(18)27/h3,8,11-12,16H,2,5-7,9,13-15,17H2,1H3. The van der Waals surface area contributed by atoms with Crippen molar-refractivity contribution in [2.75, 3.05) is 43.2 Å². The lowest BCUT2D eigenvalue weighted by atomic mass is 9.98. The summed E-state index contributed by atoms with van der Waals surface area (Å²) in [6, 6.07) is 14.1. The number of aryl methyl sites for hydroxylation is 1. The number of carbonyl (C=O) groups excluding carboxylic acids is 1. The molecule has 2 aromatic carbocycles. The number of ether oxygens (including phenoxy) is 2. The highest BCUT2D eigenvalue weighted by atomic mass is 16.5. The highest BCUT2D eigenvalue weighted by Crippen LogP contribution is 2.44. The summed E-state index contributed by atoms with van der Waals surface area (Å²) in [5, 5.41) is 0. The van der Waals surface area contributed by atoms with Gasteiger partial charge in [0.05, 0.1) is 25.1 Å². The van der Waals surface area contributed by atoms with E-state index in [0.717, 1.165) is 79.2 Å². The third-order valence-electron chi connectivity index (χ3n) is 6.15. The molecule has 1 amide bonds. The largest absolute Gasteiger partial charge is 0.493 e. The SMILES string of the molecule is COc1ccc2c3c1OCCCCCN3CC(C(=O)N1CCCc3ccc#cc31)=C2. The number of hydrogen-bond acceptors (Lipinski definition) is 4. The molecule has 0 unspecified atom stereocenters. The molecule has 0 fully saturated rings. The molecule has 0 aliphatic carbocycles. The van der Waals surface area contributed by atoms with Crippen LogP contribution in [0, 0.1) is 12.1 Å². The number of fused-ring (bicyclic) bond motifs is 1. The van der Waals surface area contributed by atoms with Crippen LogP contribution >= 0.6 is 0 Å². The van der Waals surface area contributed by atoms with Crippen molar-refractivity contribution in [3.8, 4) is 11.5 Å². The number of methoxy groups -OCH3 is 1. The van der Waals surface area contributed by atoms with E-state index in [1.165, 1.54) is 5.56 Å². The first-order valence-corrected chi connectivity index (χ1v) is 10.8. The number of benzene rings is 1. The summed E-state index contributed by atoms with van der Waals surface area (Å²) in [7, 11) is 1.67. The van der Waals surface area contributed by atoms with Crippen molar-refractivity contribution in [1.29, 1.82) is 0 Å². The van der Waals surface area contributed by atoms with Gasteiger partial charge in [0.2, 0.25) is 0 Å². The second-order valence-corrected chi connectivity index (χ2v) is 8.07. The van der Waals surface area contributed by atoms with Gasteiger partial charge in [-0.2, -0.15) is 0 Å². The summed E-state index contributed by atoms with van der Waals surface area (Å²) in [6.07, 6.45) is 7.20. The van der Waals surface area contributed by atoms with Crippen LogP contribution in [0.5, 0.6) is 11.5 Å². The van der Waals surface area contributed by atoms with Crippen LogP contribution < -0.4 is 19.3 Å². The first-order valence-electron chi connectivity index (χ1n) is 10.8. The molecule has 0 radical (unpaired) electrons. The Morgan fingerprint density at radius 1 is 1.13 bits per heavy atom. The van der Waals surface area contributed by atoms with E-state index in [9.17, 15) is 4.79 Å². The van der Waals surface area contributed by atoms with Crippen LogP contribution in [0.1, 0.15) is 36.8 Å². The van der Waals surface area contributed by atoms with E-state index in [-0.39, 0.29) is 5.91 Å². The van der Waals surface area contributed by atoms with Gasteiger partial charge in [-0.05, 0) is 74.1 Å². The molecular weight excluding hydrogens is 376 g/mol. The third-order valence-corrected chi connectivity index (χ3v) is 6.15. The van der Waals surface area contributed by atoms with Gasteiger partial charge in [0.15, 0.2) is 11.5 Å². The summed E-state index contributed by atoms with van der Waals surface area (Å²) >= 11 is 0. The predicted molar refractivity (Wildman–Crippen MR) is 117 cm³/mol. The highest BCUT2D eigenvalue weighted by Gasteiger charge is 2.31. The lowest BCUT2D eigenvalue weighted by molar-refractivity contribution is -0.115. The zero-order valence-electron chi connectivity index (χ0n) is 17.4. The van der Waals surface area contributed by atoms with Crippen LogP contribution in [0.15, 0.2) is 29.8 Å². The second-order valence-electron chi connectivity index (χ2n) is 8.07. The Hall–Kier alpha value is -3.13. The van der Waals surface area contributed by atoms with Crippen LogP contribution in [0.2, 0.25) is 0 Å². The van der Waals surface area contributed by atoms with E-state index >= 15 is 0 Å². The summed E-state index contributed by atoms with van der Waals surface area (Å²) in [5.74, 6) is 1.61. The van der Waals surface area contributed by atoms with E-state index in [2.05, 4.69) is 17.0 Å². The average molecular weight is 402 g/mol. The first-order chi connectivity index (χ1) is 14.8. The molecule has 0 N–H and O–H groups in total. The van der Waals surface area contributed by atoms with Crippen LogP contribution in [0.3, 0.4) is 0 Å². The minimum atomic E-state index is 0.0654. The third kappa shape index (κ3) is 3.27. The van der Waals surface area contributed by atoms with Crippen molar-refractivity contribution in [1.82, 2.24) is 0 Å². The zero-order chi connectivity index (χ0) is 20.5. The van der Waals surface area contributed by atoms with Crippen molar-refractivity contribution < 1.29 is 14.3 Å². The monoisotopic (exact) mass is 402 g/mol. The molecule has 2 aromatic rings. The van der Waals surface area contributed by atoms with E-state index in [1.54, 1.807) is 7.11 Å². The summed E-state index contributed by atoms with van der Waals surface area (Å²) in [6.45, 7) is 2.89. The predicted octanol–water partition coefficient (Wildman–Crippen LogP) is 4.04. The lowest BCUT2D eigenvalue weighted by Gasteiger charge is -2.35. The minimum absolute atomic E-state index is 0.0654. The van der Waals surface area contributed by atoms with Crippen LogP contribution in [-0.4, -0.2) is 39.3 Å². The van der Waals surface area contributed by atoms with Gasteiger partial charge in [0, 0.05) is 30.8 Å². The molecule has 0 atom stereocenters. The van der Waals surface area contributed by atoms with Crippen LogP contribution in [0.4, 0.5) is 11.4 Å². The molecule has 3 aliphatic rings. The van der Waals surface area contributed by atoms with E-state index in [4.69, 9.17) is 9.47 Å². The Morgan fingerprint density at radius 3 is 2.97 bits per heavy atom. The molecule has 3 heterocycles. The van der Waals surface area contributed by atoms with Crippen molar-refractivity contribution in [3.05, 3.63) is 53.1 Å². The molecule has 0 aromatic heterocycles. The van der Waals surface area contributed by atoms with Gasteiger partial charge in [-0.15, -0.1) is 0 Å². The Morgan fingerprint density at radius 2 is 2.07 bits per heavy atom. The number of rotatable bonds is 2. The summed E-state index contributed by atoms with van der Waals surface area (Å²) in [5.41, 5.74) is 4.93. The summed E-state index contributed by atoms with van der Waals surface area (Å²) in [4.78, 5) is 17.7. The fourth-order valence-electron chi connectivity index (χ4n) is 4.67. The fraction of sp³-hybridized carbons (Fsp3) is 0.400. The van der Waals surface area contributed by atoms with E-state index < -0.39 is 0 Å².